The van der Waals surface area contributed by atoms with Crippen molar-refractivity contribution in [2.45, 2.75) is 75.4 Å². The predicted molar refractivity (Wildman–Crippen MR) is 175 cm³/mol. The van der Waals surface area contributed by atoms with Crippen molar-refractivity contribution in [2.75, 3.05) is 19.6 Å². The molecule has 8 nitrogen and oxygen atoms in total. The van der Waals surface area contributed by atoms with Crippen LogP contribution in [0.15, 0.2) is 85.5 Å². The van der Waals surface area contributed by atoms with E-state index in [0.717, 1.165) is 61.2 Å². The Balaban J connectivity index is 0.984. The van der Waals surface area contributed by atoms with Crippen molar-refractivity contribution < 1.29 is 9.18 Å². The number of rotatable bonds is 7. The van der Waals surface area contributed by atoms with E-state index in [1.165, 1.54) is 30.8 Å². The minimum absolute atomic E-state index is 0.0252. The SMILES string of the molecule is Cc1nc2ccccc2n1[C@H]1C[C@H]2CC[C@@H](C1)N2CCC1(c2cccc(F)c2)CCN(C(=O)c2cccc(-n3cncn3)c2)CC1. The number of hydrogen-bond acceptors (Lipinski definition) is 5. The van der Waals surface area contributed by atoms with Gasteiger partial charge in [-0.3, -0.25) is 9.69 Å². The molecule has 3 atom stereocenters. The van der Waals surface area contributed by atoms with Gasteiger partial charge in [0.05, 0.1) is 16.7 Å². The van der Waals surface area contributed by atoms with Gasteiger partial charge in [0.15, 0.2) is 0 Å². The molecular formula is C37H40FN7O. The first-order chi connectivity index (χ1) is 22.5. The van der Waals surface area contributed by atoms with Crippen LogP contribution in [0.4, 0.5) is 4.39 Å². The van der Waals surface area contributed by atoms with Gasteiger partial charge in [-0.25, -0.2) is 19.0 Å². The third kappa shape index (κ3) is 5.20. The number of amides is 1. The zero-order chi connectivity index (χ0) is 31.3. The quantitative estimate of drug-likeness (QED) is 0.209. The van der Waals surface area contributed by atoms with Crippen molar-refractivity contribution in [1.82, 2.24) is 34.1 Å². The minimum Gasteiger partial charge on any atom is -0.339 e. The summed E-state index contributed by atoms with van der Waals surface area (Å²) in [6, 6.07) is 24.8. The highest BCUT2D eigenvalue weighted by atomic mass is 19.1. The van der Waals surface area contributed by atoms with Crippen LogP contribution >= 0.6 is 0 Å². The van der Waals surface area contributed by atoms with E-state index in [4.69, 9.17) is 4.98 Å². The van der Waals surface area contributed by atoms with Gasteiger partial charge in [-0.1, -0.05) is 30.3 Å². The molecule has 0 radical (unpaired) electrons. The maximum absolute atomic E-state index is 14.6. The summed E-state index contributed by atoms with van der Waals surface area (Å²) in [6.45, 7) is 4.42. The van der Waals surface area contributed by atoms with Crippen LogP contribution in [0, 0.1) is 12.7 Å². The normalized spacial score (nSPS) is 22.8. The first kappa shape index (κ1) is 29.1. The van der Waals surface area contributed by atoms with Crippen LogP contribution in [0.25, 0.3) is 16.7 Å². The van der Waals surface area contributed by atoms with Crippen LogP contribution in [-0.2, 0) is 5.41 Å². The molecule has 5 heterocycles. The van der Waals surface area contributed by atoms with Crippen molar-refractivity contribution in [2.24, 2.45) is 0 Å². The third-order valence-corrected chi connectivity index (χ3v) is 11.1. The van der Waals surface area contributed by atoms with E-state index in [1.54, 1.807) is 17.1 Å². The lowest BCUT2D eigenvalue weighted by Gasteiger charge is -2.45. The fraction of sp³-hybridized carbons (Fsp3) is 0.405. The predicted octanol–water partition coefficient (Wildman–Crippen LogP) is 6.50. The van der Waals surface area contributed by atoms with Crippen molar-refractivity contribution >= 4 is 16.9 Å². The topological polar surface area (TPSA) is 72.1 Å². The number of piperidine rings is 2. The standard InChI is InChI=1S/C37H40FN7O/c1-26-41-34-10-2-3-11-35(34)45(26)33-22-30-12-13-31(23-33)43(30)19-16-37(28-7-5-8-29(38)21-28)14-17-42(18-15-37)36(46)27-6-4-9-32(20-27)44-25-39-24-40-44/h2-11,20-21,24-25,30-31,33H,12-19,22-23H2,1H3/t30-,31+,33+. The number of aromatic nitrogens is 5. The molecule has 0 aliphatic carbocycles. The Labute approximate surface area is 268 Å². The minimum atomic E-state index is -0.191. The summed E-state index contributed by atoms with van der Waals surface area (Å²) >= 11 is 0. The molecule has 9 heteroatoms. The molecule has 2 aromatic heterocycles. The van der Waals surface area contributed by atoms with Crippen molar-refractivity contribution in [1.29, 1.82) is 0 Å². The molecule has 3 fully saturated rings. The fourth-order valence-corrected chi connectivity index (χ4v) is 8.74. The lowest BCUT2D eigenvalue weighted by atomic mass is 9.70. The fourth-order valence-electron chi connectivity index (χ4n) is 8.74. The van der Waals surface area contributed by atoms with Crippen LogP contribution in [0.1, 0.15) is 72.7 Å². The van der Waals surface area contributed by atoms with E-state index >= 15 is 0 Å². The average molecular weight is 618 g/mol. The molecule has 3 aromatic carbocycles. The first-order valence-electron chi connectivity index (χ1n) is 16.7. The van der Waals surface area contributed by atoms with Crippen LogP contribution in [-0.4, -0.2) is 71.7 Å². The van der Waals surface area contributed by atoms with Crippen LogP contribution < -0.4 is 0 Å². The molecule has 3 aliphatic rings. The Kier molecular flexibility index (Phi) is 7.44. The summed E-state index contributed by atoms with van der Waals surface area (Å²) in [7, 11) is 0. The second-order valence-corrected chi connectivity index (χ2v) is 13.5. The van der Waals surface area contributed by atoms with Gasteiger partial charge < -0.3 is 9.47 Å². The van der Waals surface area contributed by atoms with Gasteiger partial charge in [0.2, 0.25) is 0 Å². The number of carbonyl (C=O) groups is 1. The largest absolute Gasteiger partial charge is 0.339 e. The van der Waals surface area contributed by atoms with E-state index in [2.05, 4.69) is 56.8 Å². The number of halogens is 1. The van der Waals surface area contributed by atoms with Gasteiger partial charge in [-0.2, -0.15) is 5.10 Å². The molecule has 0 saturated carbocycles. The summed E-state index contributed by atoms with van der Waals surface area (Å²) in [5.74, 6) is 0.942. The van der Waals surface area contributed by atoms with Gasteiger partial charge in [-0.05, 0) is 112 Å². The van der Waals surface area contributed by atoms with Crippen LogP contribution in [0.2, 0.25) is 0 Å². The van der Waals surface area contributed by atoms with E-state index in [9.17, 15) is 9.18 Å². The molecule has 5 aromatic rings. The smallest absolute Gasteiger partial charge is 0.253 e. The molecule has 1 amide bonds. The monoisotopic (exact) mass is 617 g/mol. The van der Waals surface area contributed by atoms with Gasteiger partial charge in [-0.15, -0.1) is 0 Å². The second kappa shape index (κ2) is 11.8. The van der Waals surface area contributed by atoms with E-state index in [1.807, 2.05) is 35.2 Å². The van der Waals surface area contributed by atoms with Crippen molar-refractivity contribution in [3.05, 3.63) is 108 Å². The lowest BCUT2D eigenvalue weighted by molar-refractivity contribution is 0.0606. The molecule has 3 aliphatic heterocycles. The van der Waals surface area contributed by atoms with Gasteiger partial charge >= 0.3 is 0 Å². The number of imidazole rings is 1. The van der Waals surface area contributed by atoms with E-state index in [0.29, 0.717) is 36.8 Å². The number of hydrogen-bond donors (Lipinski definition) is 0. The molecule has 46 heavy (non-hydrogen) atoms. The number of aryl methyl sites for hydroxylation is 1. The highest BCUT2D eigenvalue weighted by molar-refractivity contribution is 5.94. The van der Waals surface area contributed by atoms with E-state index in [-0.39, 0.29) is 17.1 Å². The van der Waals surface area contributed by atoms with Crippen molar-refractivity contribution in [3.63, 3.8) is 0 Å². The summed E-state index contributed by atoms with van der Waals surface area (Å²) in [5, 5.41) is 4.21. The molecule has 0 spiro atoms. The molecule has 0 N–H and O–H groups in total. The maximum atomic E-state index is 14.6. The van der Waals surface area contributed by atoms with Crippen molar-refractivity contribution in [3.8, 4) is 5.69 Å². The summed E-state index contributed by atoms with van der Waals surface area (Å²) in [4.78, 5) is 27.3. The number of para-hydroxylation sites is 2. The van der Waals surface area contributed by atoms with Crippen LogP contribution in [0.3, 0.4) is 0 Å². The Hall–Kier alpha value is -4.37. The summed E-state index contributed by atoms with van der Waals surface area (Å²) in [6.07, 6.45) is 10.5. The number of fused-ring (bicyclic) bond motifs is 3. The summed E-state index contributed by atoms with van der Waals surface area (Å²) in [5.41, 5.74) is 4.68. The Morgan fingerprint density at radius 2 is 1.72 bits per heavy atom. The molecule has 0 unspecified atom stereocenters. The molecule has 3 saturated heterocycles. The number of benzene rings is 3. The molecular weight excluding hydrogens is 577 g/mol. The Bertz CT molecular complexity index is 1840. The van der Waals surface area contributed by atoms with Gasteiger partial charge in [0.25, 0.3) is 5.91 Å². The highest BCUT2D eigenvalue weighted by Gasteiger charge is 2.44. The van der Waals surface area contributed by atoms with Gasteiger partial charge in [0, 0.05) is 36.8 Å². The number of carbonyl (C=O) groups excluding carboxylic acids is 1. The average Bonchev–Trinajstić information content (AvgIpc) is 3.80. The highest BCUT2D eigenvalue weighted by Crippen LogP contribution is 2.45. The van der Waals surface area contributed by atoms with Gasteiger partial charge in [0.1, 0.15) is 24.3 Å². The molecule has 8 rings (SSSR count). The summed E-state index contributed by atoms with van der Waals surface area (Å²) < 4.78 is 18.8. The zero-order valence-corrected chi connectivity index (χ0v) is 26.3. The third-order valence-electron chi connectivity index (χ3n) is 11.1. The Morgan fingerprint density at radius 1 is 0.935 bits per heavy atom. The lowest BCUT2D eigenvalue weighted by Crippen LogP contribution is -2.49. The zero-order valence-electron chi connectivity index (χ0n) is 26.3. The molecule has 236 valence electrons. The first-order valence-corrected chi connectivity index (χ1v) is 16.7. The molecule has 2 bridgehead atoms. The number of likely N-dealkylation sites (tertiary alicyclic amines) is 1. The second-order valence-electron chi connectivity index (χ2n) is 13.5. The maximum Gasteiger partial charge on any atom is 0.253 e. The van der Waals surface area contributed by atoms with E-state index < -0.39 is 0 Å². The Morgan fingerprint density at radius 3 is 2.48 bits per heavy atom. The van der Waals surface area contributed by atoms with Crippen LogP contribution in [0.5, 0.6) is 0 Å². The number of nitrogens with zero attached hydrogens (tertiary/aromatic N) is 7.